The summed E-state index contributed by atoms with van der Waals surface area (Å²) >= 11 is 1.37. The molecular formula is C12H16O2S. The number of benzene rings is 1. The Kier molecular flexibility index (Phi) is 3.80. The molecule has 0 saturated carbocycles. The lowest BCUT2D eigenvalue weighted by Gasteiger charge is -2.18. The van der Waals surface area contributed by atoms with Crippen molar-refractivity contribution >= 4 is 17.7 Å². The molecule has 0 radical (unpaired) electrons. The molecule has 0 atom stereocenters. The molecule has 0 aliphatic heterocycles. The normalized spacial score (nSPS) is 11.4. The first-order chi connectivity index (χ1) is 6.95. The Morgan fingerprint density at radius 3 is 2.27 bits per heavy atom. The number of thioether (sulfide) groups is 1. The molecule has 0 unspecified atom stereocenters. The minimum Gasteiger partial charge on any atom is -0.480 e. The molecule has 0 aromatic heterocycles. The Morgan fingerprint density at radius 2 is 1.87 bits per heavy atom. The summed E-state index contributed by atoms with van der Waals surface area (Å²) in [6.45, 7) is 5.53. The molecule has 0 saturated heterocycles. The molecule has 1 N–H and O–H groups in total. The topological polar surface area (TPSA) is 37.3 Å². The van der Waals surface area contributed by atoms with Gasteiger partial charge in [-0.2, -0.15) is 0 Å². The van der Waals surface area contributed by atoms with Crippen molar-refractivity contribution in [3.8, 4) is 0 Å². The molecule has 1 rings (SSSR count). The highest BCUT2D eigenvalue weighted by Gasteiger charge is 2.28. The molecule has 82 valence electrons. The summed E-state index contributed by atoms with van der Waals surface area (Å²) in [6, 6.07) is 8.04. The predicted molar refractivity (Wildman–Crippen MR) is 63.4 cm³/mol. The van der Waals surface area contributed by atoms with Crippen molar-refractivity contribution in [1.29, 1.82) is 0 Å². The van der Waals surface area contributed by atoms with Gasteiger partial charge in [0.25, 0.3) is 0 Å². The fourth-order valence-corrected chi connectivity index (χ4v) is 2.08. The number of hydrogen-bond acceptors (Lipinski definition) is 2. The van der Waals surface area contributed by atoms with Crippen LogP contribution in [0.1, 0.15) is 26.3 Å². The van der Waals surface area contributed by atoms with Gasteiger partial charge in [0.05, 0.1) is 0 Å². The average Bonchev–Trinajstić information content (AvgIpc) is 2.18. The monoisotopic (exact) mass is 224 g/mol. The van der Waals surface area contributed by atoms with Gasteiger partial charge in [-0.15, -0.1) is 11.8 Å². The summed E-state index contributed by atoms with van der Waals surface area (Å²) in [5.41, 5.74) is 1.27. The van der Waals surface area contributed by atoms with E-state index in [0.717, 1.165) is 11.3 Å². The summed E-state index contributed by atoms with van der Waals surface area (Å²) in [6.07, 6.45) is 1.01. The van der Waals surface area contributed by atoms with Gasteiger partial charge in [-0.1, -0.05) is 19.1 Å². The zero-order chi connectivity index (χ0) is 11.5. The summed E-state index contributed by atoms with van der Waals surface area (Å²) in [4.78, 5) is 11.9. The van der Waals surface area contributed by atoms with Crippen molar-refractivity contribution in [1.82, 2.24) is 0 Å². The number of hydrogen-bond donors (Lipinski definition) is 1. The Morgan fingerprint density at radius 1 is 1.33 bits per heavy atom. The van der Waals surface area contributed by atoms with Gasteiger partial charge >= 0.3 is 5.97 Å². The third-order valence-electron chi connectivity index (χ3n) is 2.22. The van der Waals surface area contributed by atoms with E-state index in [1.165, 1.54) is 17.3 Å². The second-order valence-corrected chi connectivity index (χ2v) is 5.61. The lowest BCUT2D eigenvalue weighted by atomic mass is 10.2. The minimum atomic E-state index is -0.785. The zero-order valence-corrected chi connectivity index (χ0v) is 10.1. The molecular weight excluding hydrogens is 208 g/mol. The van der Waals surface area contributed by atoms with Crippen LogP contribution in [0.3, 0.4) is 0 Å². The van der Waals surface area contributed by atoms with Gasteiger partial charge in [-0.25, -0.2) is 0 Å². The van der Waals surface area contributed by atoms with E-state index in [1.54, 1.807) is 13.8 Å². The maximum absolute atomic E-state index is 10.9. The molecule has 0 fully saturated rings. The standard InChI is InChI=1S/C12H16O2S/c1-4-9-5-7-10(8-6-9)15-12(2,3)11(13)14/h5-8H,4H2,1-3H3,(H,13,14). The van der Waals surface area contributed by atoms with Gasteiger partial charge in [0.1, 0.15) is 4.75 Å². The highest BCUT2D eigenvalue weighted by atomic mass is 32.2. The van der Waals surface area contributed by atoms with Gasteiger partial charge in [0.2, 0.25) is 0 Å². The quantitative estimate of drug-likeness (QED) is 0.798. The van der Waals surface area contributed by atoms with E-state index in [1.807, 2.05) is 24.3 Å². The Hall–Kier alpha value is -0.960. The summed E-state index contributed by atoms with van der Waals surface area (Å²) in [7, 11) is 0. The smallest absolute Gasteiger partial charge is 0.319 e. The zero-order valence-electron chi connectivity index (χ0n) is 9.28. The third kappa shape index (κ3) is 3.27. The molecule has 0 aliphatic carbocycles. The predicted octanol–water partition coefficient (Wildman–Crippen LogP) is 3.20. The summed E-state index contributed by atoms with van der Waals surface area (Å²) in [5.74, 6) is -0.785. The van der Waals surface area contributed by atoms with E-state index in [9.17, 15) is 4.79 Å². The van der Waals surface area contributed by atoms with Gasteiger partial charge < -0.3 is 5.11 Å². The van der Waals surface area contributed by atoms with Crippen molar-refractivity contribution in [3.63, 3.8) is 0 Å². The molecule has 1 aromatic rings. The van der Waals surface area contributed by atoms with Gasteiger partial charge in [0.15, 0.2) is 0 Å². The van der Waals surface area contributed by atoms with E-state index in [-0.39, 0.29) is 0 Å². The first-order valence-corrected chi connectivity index (χ1v) is 5.78. The lowest BCUT2D eigenvalue weighted by molar-refractivity contribution is -0.138. The fourth-order valence-electron chi connectivity index (χ4n) is 1.13. The number of carbonyl (C=O) groups is 1. The molecule has 0 spiro atoms. The maximum Gasteiger partial charge on any atom is 0.319 e. The van der Waals surface area contributed by atoms with Crippen LogP contribution < -0.4 is 0 Å². The first-order valence-electron chi connectivity index (χ1n) is 4.97. The minimum absolute atomic E-state index is 0.770. The van der Waals surface area contributed by atoms with Crippen LogP contribution in [-0.4, -0.2) is 15.8 Å². The molecule has 2 nitrogen and oxygen atoms in total. The molecule has 3 heteroatoms. The van der Waals surface area contributed by atoms with Gasteiger partial charge in [0, 0.05) is 4.90 Å². The van der Waals surface area contributed by atoms with Crippen LogP contribution in [0.25, 0.3) is 0 Å². The number of aliphatic carboxylic acids is 1. The van der Waals surface area contributed by atoms with E-state index < -0.39 is 10.7 Å². The van der Waals surface area contributed by atoms with Crippen molar-refractivity contribution < 1.29 is 9.90 Å². The second kappa shape index (κ2) is 4.71. The van der Waals surface area contributed by atoms with E-state index in [4.69, 9.17) is 5.11 Å². The van der Waals surface area contributed by atoms with Crippen molar-refractivity contribution in [2.75, 3.05) is 0 Å². The van der Waals surface area contributed by atoms with Crippen LogP contribution in [-0.2, 0) is 11.2 Å². The number of carboxylic acid groups (broad SMARTS) is 1. The molecule has 0 aliphatic rings. The lowest BCUT2D eigenvalue weighted by Crippen LogP contribution is -2.26. The Bertz CT molecular complexity index is 341. The molecule has 0 amide bonds. The van der Waals surface area contributed by atoms with Crippen molar-refractivity contribution in [2.24, 2.45) is 0 Å². The van der Waals surface area contributed by atoms with Crippen LogP contribution in [0.4, 0.5) is 0 Å². The van der Waals surface area contributed by atoms with Gasteiger partial charge in [-0.05, 0) is 38.0 Å². The SMILES string of the molecule is CCc1ccc(SC(C)(C)C(=O)O)cc1. The van der Waals surface area contributed by atoms with Crippen LogP contribution in [0.2, 0.25) is 0 Å². The first kappa shape index (κ1) is 12.1. The van der Waals surface area contributed by atoms with E-state index in [0.29, 0.717) is 0 Å². The van der Waals surface area contributed by atoms with Crippen LogP contribution >= 0.6 is 11.8 Å². The van der Waals surface area contributed by atoms with Crippen LogP contribution in [0, 0.1) is 0 Å². The Balaban J connectivity index is 2.77. The highest BCUT2D eigenvalue weighted by Crippen LogP contribution is 2.32. The van der Waals surface area contributed by atoms with Crippen molar-refractivity contribution in [2.45, 2.75) is 36.8 Å². The van der Waals surface area contributed by atoms with Crippen LogP contribution in [0.5, 0.6) is 0 Å². The largest absolute Gasteiger partial charge is 0.480 e. The highest BCUT2D eigenvalue weighted by molar-refractivity contribution is 8.01. The summed E-state index contributed by atoms with van der Waals surface area (Å²) in [5, 5.41) is 8.98. The molecule has 0 bridgehead atoms. The summed E-state index contributed by atoms with van der Waals surface area (Å²) < 4.78 is -0.770. The van der Waals surface area contributed by atoms with Crippen LogP contribution in [0.15, 0.2) is 29.2 Å². The third-order valence-corrected chi connectivity index (χ3v) is 3.41. The van der Waals surface area contributed by atoms with Crippen molar-refractivity contribution in [3.05, 3.63) is 29.8 Å². The van der Waals surface area contributed by atoms with E-state index >= 15 is 0 Å². The fraction of sp³-hybridized carbons (Fsp3) is 0.417. The average molecular weight is 224 g/mol. The molecule has 15 heavy (non-hydrogen) atoms. The molecule has 0 heterocycles. The number of aryl methyl sites for hydroxylation is 1. The van der Waals surface area contributed by atoms with E-state index in [2.05, 4.69) is 6.92 Å². The Labute approximate surface area is 94.7 Å². The molecule has 1 aromatic carbocycles. The second-order valence-electron chi connectivity index (χ2n) is 3.92. The maximum atomic E-state index is 10.9. The number of carboxylic acids is 1. The van der Waals surface area contributed by atoms with Gasteiger partial charge in [-0.3, -0.25) is 4.79 Å². The number of rotatable bonds is 4.